The maximum atomic E-state index is 10.9. The molecule has 3 heteroatoms. The Morgan fingerprint density at radius 3 is 2.71 bits per heavy atom. The van der Waals surface area contributed by atoms with E-state index in [1.807, 2.05) is 6.92 Å². The van der Waals surface area contributed by atoms with Crippen molar-refractivity contribution in [2.24, 2.45) is 5.10 Å². The summed E-state index contributed by atoms with van der Waals surface area (Å²) in [5.41, 5.74) is 1.10. The average molecular weight is 194 g/mol. The van der Waals surface area contributed by atoms with Gasteiger partial charge in [0.25, 0.3) is 0 Å². The van der Waals surface area contributed by atoms with E-state index in [4.69, 9.17) is 0 Å². The molecule has 0 aromatic heterocycles. The third kappa shape index (κ3) is 1.81. The van der Waals surface area contributed by atoms with Gasteiger partial charge in [-0.3, -0.25) is 5.01 Å². The van der Waals surface area contributed by atoms with Crippen LogP contribution in [0.4, 0.5) is 0 Å². The van der Waals surface area contributed by atoms with Gasteiger partial charge in [0.2, 0.25) is 0 Å². The van der Waals surface area contributed by atoms with E-state index in [2.05, 4.69) is 10.1 Å². The summed E-state index contributed by atoms with van der Waals surface area (Å²) in [7, 11) is 0. The number of aldehydes is 1. The van der Waals surface area contributed by atoms with Crippen LogP contribution < -0.4 is 0 Å². The Hall–Kier alpha value is -0.860. The fourth-order valence-corrected chi connectivity index (χ4v) is 2.52. The quantitative estimate of drug-likeness (QED) is 0.629. The van der Waals surface area contributed by atoms with Gasteiger partial charge in [-0.2, -0.15) is 5.10 Å². The minimum absolute atomic E-state index is 0.0260. The molecular formula is C11H18N2O. The summed E-state index contributed by atoms with van der Waals surface area (Å²) in [5.74, 6) is 0. The summed E-state index contributed by atoms with van der Waals surface area (Å²) in [6, 6.07) is 0.550. The monoisotopic (exact) mass is 194 g/mol. The van der Waals surface area contributed by atoms with E-state index in [1.165, 1.54) is 32.1 Å². The number of hydrazone groups is 1. The maximum Gasteiger partial charge on any atom is 0.144 e. The molecule has 1 heterocycles. The molecule has 0 aromatic carbocycles. The molecule has 3 nitrogen and oxygen atoms in total. The lowest BCUT2D eigenvalue weighted by molar-refractivity contribution is -0.112. The predicted octanol–water partition coefficient (Wildman–Crippen LogP) is 1.97. The van der Waals surface area contributed by atoms with Gasteiger partial charge in [0.15, 0.2) is 0 Å². The van der Waals surface area contributed by atoms with E-state index >= 15 is 0 Å². The molecule has 1 fully saturated rings. The SMILES string of the molecule is CC1=NN(C2CCCCC2)C(C=O)C1. The first-order valence-electron chi connectivity index (χ1n) is 5.59. The minimum Gasteiger partial charge on any atom is -0.301 e. The molecule has 2 rings (SSSR count). The molecule has 1 saturated carbocycles. The van der Waals surface area contributed by atoms with Crippen molar-refractivity contribution in [1.29, 1.82) is 0 Å². The first-order chi connectivity index (χ1) is 6.81. The van der Waals surface area contributed by atoms with Gasteiger partial charge in [0.1, 0.15) is 12.3 Å². The van der Waals surface area contributed by atoms with Crippen molar-refractivity contribution >= 4 is 12.0 Å². The van der Waals surface area contributed by atoms with E-state index in [0.717, 1.165) is 18.4 Å². The van der Waals surface area contributed by atoms with Gasteiger partial charge in [-0.1, -0.05) is 19.3 Å². The zero-order chi connectivity index (χ0) is 9.97. The maximum absolute atomic E-state index is 10.9. The highest BCUT2D eigenvalue weighted by atomic mass is 16.1. The first kappa shape index (κ1) is 9.69. The molecule has 0 spiro atoms. The van der Waals surface area contributed by atoms with Crippen molar-refractivity contribution in [3.8, 4) is 0 Å². The Morgan fingerprint density at radius 1 is 1.36 bits per heavy atom. The van der Waals surface area contributed by atoms with Gasteiger partial charge < -0.3 is 4.79 Å². The predicted molar refractivity (Wildman–Crippen MR) is 56.3 cm³/mol. The van der Waals surface area contributed by atoms with Gasteiger partial charge in [0.05, 0.1) is 0 Å². The number of nitrogens with zero attached hydrogens (tertiary/aromatic N) is 2. The minimum atomic E-state index is 0.0260. The molecule has 0 N–H and O–H groups in total. The normalized spacial score (nSPS) is 29.1. The highest BCUT2D eigenvalue weighted by Gasteiger charge is 2.30. The van der Waals surface area contributed by atoms with Crippen LogP contribution in [0.15, 0.2) is 5.10 Å². The van der Waals surface area contributed by atoms with E-state index < -0.39 is 0 Å². The lowest BCUT2D eigenvalue weighted by atomic mass is 9.94. The van der Waals surface area contributed by atoms with E-state index in [0.29, 0.717) is 6.04 Å². The summed E-state index contributed by atoms with van der Waals surface area (Å²) in [6.45, 7) is 2.01. The summed E-state index contributed by atoms with van der Waals surface area (Å²) in [5, 5.41) is 6.54. The van der Waals surface area contributed by atoms with Crippen LogP contribution in [0.5, 0.6) is 0 Å². The number of rotatable bonds is 2. The second-order valence-electron chi connectivity index (χ2n) is 4.41. The molecule has 14 heavy (non-hydrogen) atoms. The summed E-state index contributed by atoms with van der Waals surface area (Å²) >= 11 is 0. The molecule has 0 radical (unpaired) electrons. The molecular weight excluding hydrogens is 176 g/mol. The van der Waals surface area contributed by atoms with Crippen molar-refractivity contribution in [2.75, 3.05) is 0 Å². The van der Waals surface area contributed by atoms with Crippen LogP contribution in [0.3, 0.4) is 0 Å². The van der Waals surface area contributed by atoms with Crippen LogP contribution in [-0.4, -0.2) is 29.1 Å². The average Bonchev–Trinajstić information content (AvgIpc) is 2.61. The Morgan fingerprint density at radius 2 is 2.07 bits per heavy atom. The van der Waals surface area contributed by atoms with Crippen molar-refractivity contribution < 1.29 is 4.79 Å². The topological polar surface area (TPSA) is 32.7 Å². The zero-order valence-electron chi connectivity index (χ0n) is 8.78. The third-order valence-electron chi connectivity index (χ3n) is 3.24. The highest BCUT2D eigenvalue weighted by Crippen LogP contribution is 2.27. The Labute approximate surface area is 85.2 Å². The van der Waals surface area contributed by atoms with Gasteiger partial charge in [-0.25, -0.2) is 0 Å². The van der Waals surface area contributed by atoms with Gasteiger partial charge in [0, 0.05) is 18.2 Å². The van der Waals surface area contributed by atoms with Crippen molar-refractivity contribution in [3.63, 3.8) is 0 Å². The fraction of sp³-hybridized carbons (Fsp3) is 0.818. The smallest absolute Gasteiger partial charge is 0.144 e. The lowest BCUT2D eigenvalue weighted by Crippen LogP contribution is -2.38. The first-order valence-corrected chi connectivity index (χ1v) is 5.59. The van der Waals surface area contributed by atoms with Crippen LogP contribution in [-0.2, 0) is 4.79 Å². The summed E-state index contributed by atoms with van der Waals surface area (Å²) < 4.78 is 0. The second-order valence-corrected chi connectivity index (χ2v) is 4.41. The van der Waals surface area contributed by atoms with E-state index in [-0.39, 0.29) is 6.04 Å². The molecule has 0 aromatic rings. The molecule has 2 aliphatic rings. The summed E-state index contributed by atoms with van der Waals surface area (Å²) in [4.78, 5) is 10.9. The molecule has 1 atom stereocenters. The van der Waals surface area contributed by atoms with Crippen LogP contribution in [0.2, 0.25) is 0 Å². The van der Waals surface area contributed by atoms with Crippen molar-refractivity contribution in [3.05, 3.63) is 0 Å². The number of carbonyl (C=O) groups excluding carboxylic acids is 1. The molecule has 0 saturated heterocycles. The zero-order valence-corrected chi connectivity index (χ0v) is 8.78. The highest BCUT2D eigenvalue weighted by molar-refractivity contribution is 5.87. The molecule has 1 aliphatic heterocycles. The number of carbonyl (C=O) groups is 1. The van der Waals surface area contributed by atoms with E-state index in [1.54, 1.807) is 0 Å². The van der Waals surface area contributed by atoms with E-state index in [9.17, 15) is 4.79 Å². The van der Waals surface area contributed by atoms with Crippen molar-refractivity contribution in [2.45, 2.75) is 57.5 Å². The Balaban J connectivity index is 2.03. The number of hydrogen-bond acceptors (Lipinski definition) is 3. The third-order valence-corrected chi connectivity index (χ3v) is 3.24. The molecule has 0 amide bonds. The molecule has 1 unspecified atom stereocenters. The lowest BCUT2D eigenvalue weighted by Gasteiger charge is -2.32. The van der Waals surface area contributed by atoms with Crippen LogP contribution in [0.1, 0.15) is 45.4 Å². The van der Waals surface area contributed by atoms with Gasteiger partial charge in [-0.05, 0) is 19.8 Å². The van der Waals surface area contributed by atoms with Gasteiger partial charge in [-0.15, -0.1) is 0 Å². The molecule has 1 aliphatic carbocycles. The Bertz CT molecular complexity index is 244. The Kier molecular flexibility index (Phi) is 2.85. The fourth-order valence-electron chi connectivity index (χ4n) is 2.52. The molecule has 0 bridgehead atoms. The largest absolute Gasteiger partial charge is 0.301 e. The standard InChI is InChI=1S/C11H18N2O/c1-9-7-11(8-14)13(12-9)10-5-3-2-4-6-10/h8,10-11H,2-7H2,1H3. The van der Waals surface area contributed by atoms with Crippen LogP contribution >= 0.6 is 0 Å². The number of hydrogen-bond donors (Lipinski definition) is 0. The summed E-state index contributed by atoms with van der Waals surface area (Å²) in [6.07, 6.45) is 8.23. The van der Waals surface area contributed by atoms with Crippen molar-refractivity contribution in [1.82, 2.24) is 5.01 Å². The van der Waals surface area contributed by atoms with Crippen LogP contribution in [0, 0.1) is 0 Å². The van der Waals surface area contributed by atoms with Gasteiger partial charge >= 0.3 is 0 Å². The molecule has 78 valence electrons. The van der Waals surface area contributed by atoms with Crippen LogP contribution in [0.25, 0.3) is 0 Å². The second kappa shape index (κ2) is 4.11.